The molecule has 5 atom stereocenters. The highest BCUT2D eigenvalue weighted by Crippen LogP contribution is 2.39. The third-order valence-corrected chi connectivity index (χ3v) is 2.80. The molecule has 0 radical (unpaired) electrons. The molecule has 0 spiro atoms. The smallest absolute Gasteiger partial charge is 0.164 e. The van der Waals surface area contributed by atoms with Crippen molar-refractivity contribution in [2.45, 2.75) is 64.0 Å². The van der Waals surface area contributed by atoms with Gasteiger partial charge in [-0.05, 0) is 27.7 Å². The van der Waals surface area contributed by atoms with Crippen molar-refractivity contribution in [2.75, 3.05) is 0 Å². The summed E-state index contributed by atoms with van der Waals surface area (Å²) < 4.78 is 17.0. The molecule has 1 N–H and O–H groups in total. The summed E-state index contributed by atoms with van der Waals surface area (Å²) in [5.41, 5.74) is 0. The molecule has 0 amide bonds. The predicted octanol–water partition coefficient (Wildman–Crippen LogP) is 0.675. The molecule has 2 fully saturated rings. The van der Waals surface area contributed by atoms with Gasteiger partial charge in [0.15, 0.2) is 5.79 Å². The molecule has 0 saturated carbocycles. The molecule has 0 aromatic rings. The van der Waals surface area contributed by atoms with Crippen LogP contribution in [0.2, 0.25) is 0 Å². The van der Waals surface area contributed by atoms with Gasteiger partial charge in [-0.15, -0.1) is 0 Å². The van der Waals surface area contributed by atoms with Crippen molar-refractivity contribution >= 4 is 0 Å². The van der Waals surface area contributed by atoms with Crippen LogP contribution in [0.1, 0.15) is 27.7 Å². The van der Waals surface area contributed by atoms with Gasteiger partial charge in [-0.1, -0.05) is 0 Å². The summed E-state index contributed by atoms with van der Waals surface area (Å²) in [5, 5.41) is 9.53. The number of rotatable bonds is 1. The maximum Gasteiger partial charge on any atom is 0.164 e. The predicted molar refractivity (Wildman–Crippen MR) is 49.8 cm³/mol. The fourth-order valence-corrected chi connectivity index (χ4v) is 2.23. The highest BCUT2D eigenvalue weighted by atomic mass is 16.8. The fourth-order valence-electron chi connectivity index (χ4n) is 2.23. The van der Waals surface area contributed by atoms with E-state index in [4.69, 9.17) is 14.2 Å². The second kappa shape index (κ2) is 3.17. The molecule has 0 aliphatic carbocycles. The lowest BCUT2D eigenvalue weighted by molar-refractivity contribution is -0.193. The van der Waals surface area contributed by atoms with Crippen LogP contribution in [0.5, 0.6) is 0 Å². The molecule has 2 heterocycles. The molecule has 2 saturated heterocycles. The molecule has 5 unspecified atom stereocenters. The van der Waals surface area contributed by atoms with Gasteiger partial charge in [0, 0.05) is 0 Å². The number of fused-ring (bicyclic) bond motifs is 1. The van der Waals surface area contributed by atoms with Gasteiger partial charge in [-0.25, -0.2) is 0 Å². The molecule has 4 nitrogen and oxygen atoms in total. The van der Waals surface area contributed by atoms with Crippen LogP contribution in [0.15, 0.2) is 0 Å². The number of hydrogen-bond donors (Lipinski definition) is 1. The van der Waals surface area contributed by atoms with Gasteiger partial charge < -0.3 is 19.3 Å². The average Bonchev–Trinajstić information content (AvgIpc) is 2.47. The minimum absolute atomic E-state index is 0.0126. The Morgan fingerprint density at radius 1 is 1.21 bits per heavy atom. The number of ether oxygens (including phenoxy) is 3. The van der Waals surface area contributed by atoms with E-state index in [0.717, 1.165) is 0 Å². The van der Waals surface area contributed by atoms with E-state index in [0.29, 0.717) is 0 Å². The van der Waals surface area contributed by atoms with Crippen molar-refractivity contribution in [3.8, 4) is 0 Å². The molecule has 0 bridgehead atoms. The minimum Gasteiger partial charge on any atom is -0.391 e. The van der Waals surface area contributed by atoms with Crippen LogP contribution in [0.3, 0.4) is 0 Å². The van der Waals surface area contributed by atoms with Gasteiger partial charge in [0.25, 0.3) is 0 Å². The second-order valence-corrected chi connectivity index (χ2v) is 4.61. The molecule has 2 aliphatic rings. The Kier molecular flexibility index (Phi) is 2.34. The zero-order valence-electron chi connectivity index (χ0n) is 9.06. The summed E-state index contributed by atoms with van der Waals surface area (Å²) >= 11 is 0. The van der Waals surface area contributed by atoms with Crippen LogP contribution in [0, 0.1) is 0 Å². The van der Waals surface area contributed by atoms with Crippen molar-refractivity contribution in [3.05, 3.63) is 0 Å². The van der Waals surface area contributed by atoms with E-state index in [-0.39, 0.29) is 24.4 Å². The van der Waals surface area contributed by atoms with E-state index in [1.807, 2.05) is 20.8 Å². The molecule has 4 heteroatoms. The van der Waals surface area contributed by atoms with E-state index in [1.54, 1.807) is 6.92 Å². The van der Waals surface area contributed by atoms with Gasteiger partial charge in [-0.2, -0.15) is 0 Å². The van der Waals surface area contributed by atoms with Gasteiger partial charge in [0.2, 0.25) is 0 Å². The quantitative estimate of drug-likeness (QED) is 0.679. The lowest BCUT2D eigenvalue weighted by Crippen LogP contribution is -2.36. The van der Waals surface area contributed by atoms with Crippen LogP contribution < -0.4 is 0 Å². The number of aliphatic hydroxyl groups excluding tert-OH is 1. The Hall–Kier alpha value is -0.160. The normalized spacial score (nSPS) is 47.8. The summed E-state index contributed by atoms with van der Waals surface area (Å²) in [6, 6.07) is 0. The van der Waals surface area contributed by atoms with Crippen LogP contribution in [0.4, 0.5) is 0 Å². The SMILES string of the molecule is CC(O)C1OC(C)C2OC(C)(C)OC12. The summed E-state index contributed by atoms with van der Waals surface area (Å²) in [5.74, 6) is -0.555. The summed E-state index contributed by atoms with van der Waals surface area (Å²) in [6.07, 6.45) is -0.993. The highest BCUT2D eigenvalue weighted by molar-refractivity contribution is 4.98. The van der Waals surface area contributed by atoms with Gasteiger partial charge in [0.05, 0.1) is 12.2 Å². The summed E-state index contributed by atoms with van der Waals surface area (Å²) in [4.78, 5) is 0. The Morgan fingerprint density at radius 3 is 2.36 bits per heavy atom. The van der Waals surface area contributed by atoms with Gasteiger partial charge >= 0.3 is 0 Å². The van der Waals surface area contributed by atoms with Crippen molar-refractivity contribution < 1.29 is 19.3 Å². The maximum absolute atomic E-state index is 9.53. The molecule has 2 aliphatic heterocycles. The largest absolute Gasteiger partial charge is 0.391 e. The highest BCUT2D eigenvalue weighted by Gasteiger charge is 2.54. The van der Waals surface area contributed by atoms with Crippen molar-refractivity contribution in [1.82, 2.24) is 0 Å². The fraction of sp³-hybridized carbons (Fsp3) is 1.00. The molecule has 14 heavy (non-hydrogen) atoms. The number of aliphatic hydroxyl groups is 1. The lowest BCUT2D eigenvalue weighted by atomic mass is 10.1. The first-order valence-electron chi connectivity index (χ1n) is 5.10. The third kappa shape index (κ3) is 1.56. The van der Waals surface area contributed by atoms with Crippen molar-refractivity contribution in [2.24, 2.45) is 0 Å². The van der Waals surface area contributed by atoms with Crippen molar-refractivity contribution in [3.63, 3.8) is 0 Å². The minimum atomic E-state index is -0.555. The Bertz CT molecular complexity index is 224. The van der Waals surface area contributed by atoms with Crippen LogP contribution in [0.25, 0.3) is 0 Å². The van der Waals surface area contributed by atoms with E-state index < -0.39 is 11.9 Å². The molecule has 0 aromatic heterocycles. The van der Waals surface area contributed by atoms with E-state index in [9.17, 15) is 5.11 Å². The standard InChI is InChI=1S/C10H18O4/c1-5(11)7-9-8(6(2)12-7)13-10(3,4)14-9/h5-9,11H,1-4H3. The molecule has 2 rings (SSSR count). The molecule has 0 aromatic carbocycles. The third-order valence-electron chi connectivity index (χ3n) is 2.80. The van der Waals surface area contributed by atoms with Gasteiger partial charge in [-0.3, -0.25) is 0 Å². The summed E-state index contributed by atoms with van der Waals surface area (Å²) in [6.45, 7) is 7.44. The van der Waals surface area contributed by atoms with Crippen LogP contribution in [-0.4, -0.2) is 41.4 Å². The first-order valence-corrected chi connectivity index (χ1v) is 5.10. The Balaban J connectivity index is 2.15. The zero-order chi connectivity index (χ0) is 10.5. The lowest BCUT2D eigenvalue weighted by Gasteiger charge is -2.24. The maximum atomic E-state index is 9.53. The molecular formula is C10H18O4. The van der Waals surface area contributed by atoms with Gasteiger partial charge in [0.1, 0.15) is 18.3 Å². The topological polar surface area (TPSA) is 47.9 Å². The molecular weight excluding hydrogens is 184 g/mol. The summed E-state index contributed by atoms with van der Waals surface area (Å²) in [7, 11) is 0. The van der Waals surface area contributed by atoms with E-state index >= 15 is 0 Å². The van der Waals surface area contributed by atoms with Crippen molar-refractivity contribution in [1.29, 1.82) is 0 Å². The monoisotopic (exact) mass is 202 g/mol. The molecule has 82 valence electrons. The second-order valence-electron chi connectivity index (χ2n) is 4.61. The Labute approximate surface area is 84.1 Å². The Morgan fingerprint density at radius 2 is 1.79 bits per heavy atom. The first-order chi connectivity index (χ1) is 6.41. The van der Waals surface area contributed by atoms with Crippen LogP contribution in [-0.2, 0) is 14.2 Å². The number of hydrogen-bond acceptors (Lipinski definition) is 4. The average molecular weight is 202 g/mol. The van der Waals surface area contributed by atoms with Crippen LogP contribution >= 0.6 is 0 Å². The first kappa shape index (κ1) is 10.4. The van der Waals surface area contributed by atoms with E-state index in [2.05, 4.69) is 0 Å². The zero-order valence-corrected chi connectivity index (χ0v) is 9.06. The van der Waals surface area contributed by atoms with E-state index in [1.165, 1.54) is 0 Å².